The predicted molar refractivity (Wildman–Crippen MR) is 103 cm³/mol. The Balaban J connectivity index is 1.11. The molecule has 1 aromatic heterocycles. The third-order valence-electron chi connectivity index (χ3n) is 6.31. The number of amides is 1. The van der Waals surface area contributed by atoms with Gasteiger partial charge >= 0.3 is 6.18 Å². The predicted octanol–water partition coefficient (Wildman–Crippen LogP) is 3.27. The normalized spacial score (nSPS) is 27.8. The average molecular weight is 493 g/mol. The number of aromatic nitrogens is 2. The molecule has 0 atom stereocenters. The molecule has 0 spiro atoms. The monoisotopic (exact) mass is 492 g/mol. The lowest BCUT2D eigenvalue weighted by atomic mass is 9.39. The van der Waals surface area contributed by atoms with E-state index in [-0.39, 0.29) is 35.1 Å². The molecule has 1 N–H and O–H groups in total. The number of benzene rings is 1. The van der Waals surface area contributed by atoms with Crippen molar-refractivity contribution in [3.63, 3.8) is 0 Å². The Morgan fingerprint density at radius 2 is 1.88 bits per heavy atom. The van der Waals surface area contributed by atoms with Crippen molar-refractivity contribution in [3.05, 3.63) is 40.8 Å². The summed E-state index contributed by atoms with van der Waals surface area (Å²) in [4.78, 5) is 13.1. The van der Waals surface area contributed by atoms with E-state index in [1.807, 2.05) is 0 Å². The van der Waals surface area contributed by atoms with E-state index < -0.39 is 48.3 Å². The Bertz CT molecular complexity index is 1080. The Morgan fingerprint density at radius 3 is 2.52 bits per heavy atom. The maximum atomic E-state index is 14.8. The highest BCUT2D eigenvalue weighted by molar-refractivity contribution is 6.30. The van der Waals surface area contributed by atoms with E-state index in [0.29, 0.717) is 19.3 Å². The zero-order valence-electron chi connectivity index (χ0n) is 17.0. The van der Waals surface area contributed by atoms with Crippen molar-refractivity contribution in [1.82, 2.24) is 20.4 Å². The van der Waals surface area contributed by atoms with E-state index in [2.05, 4.69) is 15.5 Å². The summed E-state index contributed by atoms with van der Waals surface area (Å²) in [6.45, 7) is -2.42. The number of carbonyl (C=O) groups is 1. The van der Waals surface area contributed by atoms with Gasteiger partial charge in [0.2, 0.25) is 11.6 Å². The first-order valence-corrected chi connectivity index (χ1v) is 10.5. The first-order valence-electron chi connectivity index (χ1n) is 10.1. The molecule has 178 valence electrons. The number of hydrogen-bond donors (Lipinski definition) is 1. The summed E-state index contributed by atoms with van der Waals surface area (Å²) in [5.74, 6) is -0.953. The topological polar surface area (TPSA) is 80.5 Å². The first-order chi connectivity index (χ1) is 15.4. The van der Waals surface area contributed by atoms with E-state index >= 15 is 0 Å². The fourth-order valence-electron chi connectivity index (χ4n) is 4.98. The highest BCUT2D eigenvalue weighted by Crippen LogP contribution is 2.67. The van der Waals surface area contributed by atoms with Gasteiger partial charge in [0, 0.05) is 24.7 Å². The third kappa shape index (κ3) is 4.03. The Hall–Kier alpha value is -2.47. The number of rotatable bonds is 7. The van der Waals surface area contributed by atoms with Crippen LogP contribution in [0.2, 0.25) is 5.02 Å². The first kappa shape index (κ1) is 22.3. The number of ether oxygens (including phenoxy) is 1. The fourth-order valence-corrected chi connectivity index (χ4v) is 5.09. The molecule has 0 unspecified atom stereocenters. The molecular weight excluding hydrogens is 475 g/mol. The number of likely N-dealkylation sites (tertiary alicyclic amines) is 1. The minimum Gasteiger partial charge on any atom is -0.484 e. The lowest BCUT2D eigenvalue weighted by Gasteiger charge is -2.68. The second kappa shape index (κ2) is 7.26. The van der Waals surface area contributed by atoms with Gasteiger partial charge in [-0.1, -0.05) is 11.6 Å². The van der Waals surface area contributed by atoms with Crippen molar-refractivity contribution < 1.29 is 35.9 Å². The molecule has 3 saturated carbocycles. The Labute approximate surface area is 189 Å². The van der Waals surface area contributed by atoms with E-state index in [9.17, 15) is 26.7 Å². The molecule has 3 aliphatic carbocycles. The molecule has 7 nitrogen and oxygen atoms in total. The van der Waals surface area contributed by atoms with Crippen molar-refractivity contribution in [2.45, 2.75) is 42.1 Å². The molecule has 0 radical (unpaired) electrons. The number of hydrogen-bond acceptors (Lipinski definition) is 6. The van der Waals surface area contributed by atoms with E-state index in [1.54, 1.807) is 0 Å². The second-order valence-electron chi connectivity index (χ2n) is 9.14. The fraction of sp³-hybridized carbons (Fsp3) is 0.550. The van der Waals surface area contributed by atoms with Gasteiger partial charge in [-0.15, -0.1) is 10.2 Å². The molecule has 1 saturated heterocycles. The van der Waals surface area contributed by atoms with Crippen molar-refractivity contribution in [2.75, 3.05) is 26.2 Å². The molecule has 1 aromatic carbocycles. The molecule has 1 amide bonds. The van der Waals surface area contributed by atoms with Gasteiger partial charge in [-0.3, -0.25) is 9.69 Å². The van der Waals surface area contributed by atoms with Crippen molar-refractivity contribution in [1.29, 1.82) is 0 Å². The molecule has 33 heavy (non-hydrogen) atoms. The highest BCUT2D eigenvalue weighted by Gasteiger charge is 2.72. The summed E-state index contributed by atoms with van der Waals surface area (Å²) >= 11 is 5.60. The maximum absolute atomic E-state index is 14.8. The van der Waals surface area contributed by atoms with E-state index in [1.165, 1.54) is 12.1 Å². The van der Waals surface area contributed by atoms with Crippen LogP contribution in [-0.2, 0) is 15.9 Å². The lowest BCUT2D eigenvalue weighted by Crippen LogP contribution is -2.77. The molecule has 2 aromatic rings. The van der Waals surface area contributed by atoms with Gasteiger partial charge < -0.3 is 14.5 Å². The van der Waals surface area contributed by atoms with Crippen LogP contribution in [0.5, 0.6) is 5.75 Å². The van der Waals surface area contributed by atoms with Crippen LogP contribution in [0.4, 0.5) is 22.0 Å². The molecule has 4 fully saturated rings. The Kier molecular flexibility index (Phi) is 4.91. The Morgan fingerprint density at radius 1 is 1.21 bits per heavy atom. The van der Waals surface area contributed by atoms with Gasteiger partial charge in [-0.2, -0.15) is 13.2 Å². The summed E-state index contributed by atoms with van der Waals surface area (Å²) in [6.07, 6.45) is -2.85. The van der Waals surface area contributed by atoms with Crippen LogP contribution in [0.15, 0.2) is 22.6 Å². The standard InChI is InChI=1S/C20H18ClF5N4O3/c21-12-2-1-11(3-13(12)22)32-4-14(31)27-18-5-17(6-18,7-18)15-28-29-16(33-15)19(23)8-30(9-19)10-20(24,25)26/h1-3H,4-10H2,(H,27,31). The molecule has 4 aliphatic rings. The van der Waals surface area contributed by atoms with Crippen LogP contribution < -0.4 is 10.1 Å². The van der Waals surface area contributed by atoms with E-state index in [4.69, 9.17) is 20.8 Å². The smallest absolute Gasteiger partial charge is 0.401 e. The van der Waals surface area contributed by atoms with Crippen LogP contribution >= 0.6 is 11.6 Å². The summed E-state index contributed by atoms with van der Waals surface area (Å²) in [6, 6.07) is 3.86. The average Bonchev–Trinajstić information content (AvgIpc) is 3.12. The quantitative estimate of drug-likeness (QED) is 0.598. The number of nitrogens with zero attached hydrogens (tertiary/aromatic N) is 3. The SMILES string of the molecule is O=C(COc1ccc(Cl)c(F)c1)NC12CC(c3nnc(C4(F)CN(CC(F)(F)F)C4)o3)(C1)C2. The minimum absolute atomic E-state index is 0.0511. The van der Waals surface area contributed by atoms with Crippen LogP contribution in [-0.4, -0.2) is 59.0 Å². The highest BCUT2D eigenvalue weighted by atomic mass is 35.5. The molecule has 13 heteroatoms. The summed E-state index contributed by atoms with van der Waals surface area (Å²) in [5.41, 5.74) is -3.01. The van der Waals surface area contributed by atoms with Gasteiger partial charge in [0.05, 0.1) is 17.0 Å². The lowest BCUT2D eigenvalue weighted by molar-refractivity contribution is -0.177. The molecule has 6 rings (SSSR count). The minimum atomic E-state index is -4.40. The molecular formula is C20H18ClF5N4O3. The number of carbonyl (C=O) groups excluding carboxylic acids is 1. The van der Waals surface area contributed by atoms with Crippen molar-refractivity contribution >= 4 is 17.5 Å². The van der Waals surface area contributed by atoms with E-state index in [0.717, 1.165) is 11.0 Å². The van der Waals surface area contributed by atoms with Crippen LogP contribution in [0.25, 0.3) is 0 Å². The molecule has 1 aliphatic heterocycles. The van der Waals surface area contributed by atoms with Crippen LogP contribution in [0.3, 0.4) is 0 Å². The van der Waals surface area contributed by atoms with Gasteiger partial charge in [0.25, 0.3) is 11.8 Å². The van der Waals surface area contributed by atoms with Gasteiger partial charge in [0.15, 0.2) is 6.61 Å². The summed E-state index contributed by atoms with van der Waals surface area (Å²) in [7, 11) is 0. The van der Waals surface area contributed by atoms with Crippen molar-refractivity contribution in [3.8, 4) is 5.75 Å². The van der Waals surface area contributed by atoms with Gasteiger partial charge in [-0.25, -0.2) is 8.78 Å². The van der Waals surface area contributed by atoms with Gasteiger partial charge in [-0.05, 0) is 31.4 Å². The summed E-state index contributed by atoms with van der Waals surface area (Å²) < 4.78 is 76.3. The second-order valence-corrected chi connectivity index (χ2v) is 9.55. The summed E-state index contributed by atoms with van der Waals surface area (Å²) in [5, 5.41) is 10.5. The number of alkyl halides is 4. The largest absolute Gasteiger partial charge is 0.484 e. The van der Waals surface area contributed by atoms with Crippen LogP contribution in [0.1, 0.15) is 31.0 Å². The third-order valence-corrected chi connectivity index (χ3v) is 6.62. The zero-order valence-corrected chi connectivity index (χ0v) is 17.8. The molecule has 2 bridgehead atoms. The molecule has 2 heterocycles. The number of halogens is 6. The van der Waals surface area contributed by atoms with Crippen LogP contribution in [0, 0.1) is 5.82 Å². The maximum Gasteiger partial charge on any atom is 0.401 e. The zero-order chi connectivity index (χ0) is 23.6. The van der Waals surface area contributed by atoms with Gasteiger partial charge in [0.1, 0.15) is 11.6 Å². The van der Waals surface area contributed by atoms with Crippen molar-refractivity contribution in [2.24, 2.45) is 0 Å². The number of nitrogens with one attached hydrogen (secondary N) is 1.